The van der Waals surface area contributed by atoms with Crippen LogP contribution in [-0.4, -0.2) is 40.9 Å². The fraction of sp³-hybridized carbons (Fsp3) is 0.733. The fourth-order valence-electron chi connectivity index (χ4n) is 3.43. The predicted molar refractivity (Wildman–Crippen MR) is 76.9 cm³/mol. The minimum Gasteiger partial charge on any atom is -0.375 e. The van der Waals surface area contributed by atoms with Gasteiger partial charge in [-0.15, -0.1) is 0 Å². The Bertz CT molecular complexity index is 466. The van der Waals surface area contributed by atoms with Crippen LogP contribution in [0.1, 0.15) is 37.6 Å². The van der Waals surface area contributed by atoms with Crippen molar-refractivity contribution >= 4 is 5.95 Å². The molecule has 0 aromatic carbocycles. The van der Waals surface area contributed by atoms with Gasteiger partial charge in [0.25, 0.3) is 0 Å². The van der Waals surface area contributed by atoms with Gasteiger partial charge in [-0.25, -0.2) is 9.97 Å². The first-order valence-corrected chi connectivity index (χ1v) is 7.48. The lowest BCUT2D eigenvalue weighted by atomic mass is 9.70. The highest BCUT2D eigenvalue weighted by atomic mass is 16.6. The molecular formula is C15H23N3O2. The van der Waals surface area contributed by atoms with Gasteiger partial charge in [-0.3, -0.25) is 0 Å². The van der Waals surface area contributed by atoms with Crippen molar-refractivity contribution in [3.05, 3.63) is 17.5 Å². The number of hydrogen-bond donors (Lipinski definition) is 1. The van der Waals surface area contributed by atoms with Crippen LogP contribution in [0, 0.1) is 13.8 Å². The molecule has 2 heterocycles. The van der Waals surface area contributed by atoms with E-state index in [-0.39, 0.29) is 17.7 Å². The molecule has 0 unspecified atom stereocenters. The summed E-state index contributed by atoms with van der Waals surface area (Å²) in [6.07, 6.45) is 3.33. The van der Waals surface area contributed by atoms with Crippen LogP contribution in [-0.2, 0) is 9.47 Å². The number of nitrogens with zero attached hydrogens (tertiary/aromatic N) is 2. The zero-order valence-electron chi connectivity index (χ0n) is 12.5. The summed E-state index contributed by atoms with van der Waals surface area (Å²) >= 11 is 0. The van der Waals surface area contributed by atoms with Crippen LogP contribution in [0.15, 0.2) is 6.07 Å². The Hall–Kier alpha value is -1.20. The summed E-state index contributed by atoms with van der Waals surface area (Å²) in [5.41, 5.74) is 1.81. The predicted octanol–water partition coefficient (Wildman–Crippen LogP) is 2.23. The summed E-state index contributed by atoms with van der Waals surface area (Å²) in [5.74, 6) is 0.706. The summed E-state index contributed by atoms with van der Waals surface area (Å²) in [6, 6.07) is 2.24. The molecule has 1 spiro atoms. The van der Waals surface area contributed by atoms with Crippen LogP contribution >= 0.6 is 0 Å². The van der Waals surface area contributed by atoms with Crippen LogP contribution in [0.3, 0.4) is 0 Å². The van der Waals surface area contributed by atoms with Crippen molar-refractivity contribution < 1.29 is 9.47 Å². The van der Waals surface area contributed by atoms with Gasteiger partial charge < -0.3 is 14.8 Å². The molecule has 2 aliphatic rings. The first kappa shape index (κ1) is 13.8. The second kappa shape index (κ2) is 5.30. The summed E-state index contributed by atoms with van der Waals surface area (Å²) in [6.45, 7) is 7.59. The number of rotatable bonds is 4. The monoisotopic (exact) mass is 277 g/mol. The minimum atomic E-state index is -0.170. The van der Waals surface area contributed by atoms with E-state index in [9.17, 15) is 0 Å². The summed E-state index contributed by atoms with van der Waals surface area (Å²) in [5, 5.41) is 3.45. The number of ether oxygens (including phenoxy) is 2. The molecule has 110 valence electrons. The van der Waals surface area contributed by atoms with Crippen molar-refractivity contribution in [3.63, 3.8) is 0 Å². The van der Waals surface area contributed by atoms with E-state index >= 15 is 0 Å². The highest BCUT2D eigenvalue weighted by Crippen LogP contribution is 2.46. The van der Waals surface area contributed by atoms with E-state index in [1.807, 2.05) is 26.8 Å². The van der Waals surface area contributed by atoms with Gasteiger partial charge in [-0.05, 0) is 46.1 Å². The first-order valence-electron chi connectivity index (χ1n) is 7.48. The Kier molecular flexibility index (Phi) is 3.65. The van der Waals surface area contributed by atoms with E-state index in [0.29, 0.717) is 5.95 Å². The van der Waals surface area contributed by atoms with Crippen molar-refractivity contribution in [1.29, 1.82) is 0 Å². The van der Waals surface area contributed by atoms with Crippen molar-refractivity contribution in [2.75, 3.05) is 18.5 Å². The molecule has 1 aromatic rings. The Morgan fingerprint density at radius 2 is 2.15 bits per heavy atom. The molecule has 1 N–H and O–H groups in total. The third-order valence-corrected chi connectivity index (χ3v) is 4.32. The molecule has 0 amide bonds. The van der Waals surface area contributed by atoms with Crippen LogP contribution < -0.4 is 5.32 Å². The van der Waals surface area contributed by atoms with Gasteiger partial charge in [0.1, 0.15) is 5.60 Å². The van der Waals surface area contributed by atoms with E-state index in [0.717, 1.165) is 43.9 Å². The molecular weight excluding hydrogens is 254 g/mol. The molecule has 3 atom stereocenters. The third-order valence-electron chi connectivity index (χ3n) is 4.32. The minimum absolute atomic E-state index is 0.170. The van der Waals surface area contributed by atoms with Crippen LogP contribution in [0.2, 0.25) is 0 Å². The maximum absolute atomic E-state index is 6.04. The van der Waals surface area contributed by atoms with E-state index < -0.39 is 0 Å². The molecule has 1 saturated heterocycles. The molecule has 0 bridgehead atoms. The van der Waals surface area contributed by atoms with Gasteiger partial charge >= 0.3 is 0 Å². The number of nitrogens with one attached hydrogen (secondary N) is 1. The lowest BCUT2D eigenvalue weighted by Crippen LogP contribution is -2.66. The Morgan fingerprint density at radius 1 is 1.40 bits per heavy atom. The van der Waals surface area contributed by atoms with Gasteiger partial charge in [-0.1, -0.05) is 0 Å². The lowest BCUT2D eigenvalue weighted by Gasteiger charge is -2.52. The van der Waals surface area contributed by atoms with E-state index in [4.69, 9.17) is 9.47 Å². The number of hydrogen-bond acceptors (Lipinski definition) is 5. The smallest absolute Gasteiger partial charge is 0.223 e. The Labute approximate surface area is 120 Å². The van der Waals surface area contributed by atoms with Crippen LogP contribution in [0.25, 0.3) is 0 Å². The van der Waals surface area contributed by atoms with Crippen molar-refractivity contribution in [3.8, 4) is 0 Å². The summed E-state index contributed by atoms with van der Waals surface area (Å²) < 4.78 is 11.9. The molecule has 5 heteroatoms. The van der Waals surface area contributed by atoms with E-state index in [2.05, 4.69) is 15.3 Å². The maximum atomic E-state index is 6.04. The highest BCUT2D eigenvalue weighted by Gasteiger charge is 2.59. The van der Waals surface area contributed by atoms with Crippen LogP contribution in [0.5, 0.6) is 0 Å². The number of anilines is 1. The normalized spacial score (nSPS) is 32.4. The number of aromatic nitrogens is 2. The van der Waals surface area contributed by atoms with Gasteiger partial charge in [0, 0.05) is 24.6 Å². The zero-order valence-corrected chi connectivity index (χ0v) is 12.5. The Morgan fingerprint density at radius 3 is 2.75 bits per heavy atom. The first-order chi connectivity index (χ1) is 9.64. The molecule has 3 rings (SSSR count). The third kappa shape index (κ3) is 2.29. The van der Waals surface area contributed by atoms with Gasteiger partial charge in [0.05, 0.1) is 12.1 Å². The molecule has 5 nitrogen and oxygen atoms in total. The van der Waals surface area contributed by atoms with Gasteiger partial charge in [0.15, 0.2) is 0 Å². The topological polar surface area (TPSA) is 56.3 Å². The number of aryl methyl sites for hydroxylation is 2. The maximum Gasteiger partial charge on any atom is 0.223 e. The lowest BCUT2D eigenvalue weighted by molar-refractivity contribution is -0.184. The molecule has 1 aromatic heterocycles. The van der Waals surface area contributed by atoms with Crippen molar-refractivity contribution in [2.45, 2.75) is 57.8 Å². The quantitative estimate of drug-likeness (QED) is 0.914. The van der Waals surface area contributed by atoms with Crippen molar-refractivity contribution in [2.24, 2.45) is 0 Å². The van der Waals surface area contributed by atoms with Gasteiger partial charge in [0.2, 0.25) is 5.95 Å². The molecule has 0 radical (unpaired) electrons. The fourth-order valence-corrected chi connectivity index (χ4v) is 3.43. The Balaban J connectivity index is 1.74. The zero-order chi connectivity index (χ0) is 14.2. The van der Waals surface area contributed by atoms with E-state index in [1.54, 1.807) is 0 Å². The second-order valence-electron chi connectivity index (χ2n) is 5.76. The van der Waals surface area contributed by atoms with Crippen LogP contribution in [0.4, 0.5) is 5.95 Å². The molecule has 1 aliphatic heterocycles. The van der Waals surface area contributed by atoms with Gasteiger partial charge in [-0.2, -0.15) is 0 Å². The molecule has 1 aliphatic carbocycles. The molecule has 20 heavy (non-hydrogen) atoms. The molecule has 2 fully saturated rings. The summed E-state index contributed by atoms with van der Waals surface area (Å²) in [7, 11) is 0. The summed E-state index contributed by atoms with van der Waals surface area (Å²) in [4.78, 5) is 8.93. The molecule has 1 saturated carbocycles. The van der Waals surface area contributed by atoms with Crippen molar-refractivity contribution in [1.82, 2.24) is 9.97 Å². The SMILES string of the molecule is CCO[C@@H]1C[C@H](Nc2nc(C)cc(C)n2)[C@@]12CCCO2. The standard InChI is InChI=1S/C15H23N3O2/c1-4-19-13-9-12(15(13)6-5-7-20-15)18-14-16-10(2)8-11(3)17-14/h8,12-13H,4-7,9H2,1-3H3,(H,16,17,18)/t12-,13+,15-/m0/s1. The van der Waals surface area contributed by atoms with E-state index in [1.165, 1.54) is 0 Å². The highest BCUT2D eigenvalue weighted by molar-refractivity contribution is 5.34. The average Bonchev–Trinajstić information content (AvgIpc) is 2.88. The average molecular weight is 277 g/mol. The largest absolute Gasteiger partial charge is 0.375 e. The second-order valence-corrected chi connectivity index (χ2v) is 5.76.